The Morgan fingerprint density at radius 1 is 1.78 bits per heavy atom. The Morgan fingerprint density at radius 3 is 2.22 bits per heavy atom. The van der Waals surface area contributed by atoms with E-state index in [4.69, 9.17) is 10.8 Å². The molecule has 2 unspecified atom stereocenters. The van der Waals surface area contributed by atoms with Crippen LogP contribution < -0.4 is 5.73 Å². The second-order valence-corrected chi connectivity index (χ2v) is 2.21. The van der Waals surface area contributed by atoms with Gasteiger partial charge in [0.2, 0.25) is 0 Å². The van der Waals surface area contributed by atoms with Gasteiger partial charge in [0.15, 0.2) is 0 Å². The SMILES string of the molecule is CCC(C(=O)O)C(C)N. The van der Waals surface area contributed by atoms with E-state index in [9.17, 15) is 4.79 Å². The molecular weight excluding hydrogens is 118 g/mol. The van der Waals surface area contributed by atoms with Crippen LogP contribution in [0.1, 0.15) is 20.3 Å². The van der Waals surface area contributed by atoms with Crippen molar-refractivity contribution in [1.82, 2.24) is 0 Å². The van der Waals surface area contributed by atoms with Crippen LogP contribution in [0.4, 0.5) is 0 Å². The standard InChI is InChI=1S/C6H13NO2/c1-3-5(4(2)7)6(8)9/h4-5H,3,7H2,1-2H3,(H,8,9). The number of nitrogens with two attached hydrogens (primary N) is 1. The zero-order valence-corrected chi connectivity index (χ0v) is 5.79. The molecule has 0 fully saturated rings. The number of carboxylic acid groups (broad SMARTS) is 1. The molecule has 0 aromatic rings. The maximum Gasteiger partial charge on any atom is 0.308 e. The van der Waals surface area contributed by atoms with Gasteiger partial charge in [-0.3, -0.25) is 4.79 Å². The highest BCUT2D eigenvalue weighted by Gasteiger charge is 2.18. The molecule has 0 bridgehead atoms. The fourth-order valence-corrected chi connectivity index (χ4v) is 0.771. The van der Waals surface area contributed by atoms with E-state index in [1.165, 1.54) is 0 Å². The van der Waals surface area contributed by atoms with Crippen LogP contribution in [0, 0.1) is 5.92 Å². The van der Waals surface area contributed by atoms with E-state index in [-0.39, 0.29) is 12.0 Å². The van der Waals surface area contributed by atoms with Crippen LogP contribution in [-0.2, 0) is 4.79 Å². The normalized spacial score (nSPS) is 16.8. The third-order valence-electron chi connectivity index (χ3n) is 1.39. The van der Waals surface area contributed by atoms with Crippen molar-refractivity contribution in [1.29, 1.82) is 0 Å². The van der Waals surface area contributed by atoms with Gasteiger partial charge >= 0.3 is 5.97 Å². The zero-order valence-electron chi connectivity index (χ0n) is 5.79. The molecule has 0 saturated carbocycles. The molecule has 0 aromatic carbocycles. The van der Waals surface area contributed by atoms with Gasteiger partial charge in [-0.05, 0) is 13.3 Å². The highest BCUT2D eigenvalue weighted by atomic mass is 16.4. The molecule has 54 valence electrons. The van der Waals surface area contributed by atoms with Crippen molar-refractivity contribution in [3.05, 3.63) is 0 Å². The number of carbonyl (C=O) groups is 1. The lowest BCUT2D eigenvalue weighted by Gasteiger charge is -2.12. The van der Waals surface area contributed by atoms with Gasteiger partial charge in [-0.1, -0.05) is 6.92 Å². The molecule has 0 aliphatic carbocycles. The maximum absolute atomic E-state index is 10.3. The molecule has 3 nitrogen and oxygen atoms in total. The Morgan fingerprint density at radius 2 is 2.22 bits per heavy atom. The van der Waals surface area contributed by atoms with Gasteiger partial charge in [0.1, 0.15) is 0 Å². The van der Waals surface area contributed by atoms with Crippen molar-refractivity contribution >= 4 is 5.97 Å². The summed E-state index contributed by atoms with van der Waals surface area (Å²) < 4.78 is 0. The summed E-state index contributed by atoms with van der Waals surface area (Å²) in [5.41, 5.74) is 5.37. The smallest absolute Gasteiger partial charge is 0.308 e. The molecule has 0 radical (unpaired) electrons. The van der Waals surface area contributed by atoms with Crippen molar-refractivity contribution in [3.8, 4) is 0 Å². The monoisotopic (exact) mass is 131 g/mol. The summed E-state index contributed by atoms with van der Waals surface area (Å²) in [6, 6.07) is -0.243. The largest absolute Gasteiger partial charge is 0.481 e. The minimum Gasteiger partial charge on any atom is -0.481 e. The van der Waals surface area contributed by atoms with Crippen LogP contribution in [0.25, 0.3) is 0 Å². The maximum atomic E-state index is 10.3. The summed E-state index contributed by atoms with van der Waals surface area (Å²) in [6.07, 6.45) is 0.604. The Labute approximate surface area is 54.9 Å². The van der Waals surface area contributed by atoms with Crippen LogP contribution in [0.3, 0.4) is 0 Å². The Bertz CT molecular complexity index is 101. The first-order chi connectivity index (χ1) is 4.09. The first-order valence-corrected chi connectivity index (χ1v) is 3.08. The van der Waals surface area contributed by atoms with Crippen molar-refractivity contribution in [3.63, 3.8) is 0 Å². The molecule has 0 aromatic heterocycles. The highest BCUT2D eigenvalue weighted by molar-refractivity contribution is 5.70. The minimum atomic E-state index is -0.799. The van der Waals surface area contributed by atoms with Gasteiger partial charge < -0.3 is 10.8 Å². The fourth-order valence-electron chi connectivity index (χ4n) is 0.771. The van der Waals surface area contributed by atoms with Crippen molar-refractivity contribution in [2.75, 3.05) is 0 Å². The Balaban J connectivity index is 3.83. The predicted molar refractivity (Wildman–Crippen MR) is 35.1 cm³/mol. The average Bonchev–Trinajstić information content (AvgIpc) is 1.64. The highest BCUT2D eigenvalue weighted by Crippen LogP contribution is 2.05. The van der Waals surface area contributed by atoms with Gasteiger partial charge in [0.05, 0.1) is 5.92 Å². The minimum absolute atomic E-state index is 0.243. The summed E-state index contributed by atoms with van der Waals surface area (Å²) in [5.74, 6) is -1.18. The molecule has 0 spiro atoms. The van der Waals surface area contributed by atoms with Gasteiger partial charge in [-0.15, -0.1) is 0 Å². The van der Waals surface area contributed by atoms with Gasteiger partial charge in [0.25, 0.3) is 0 Å². The van der Waals surface area contributed by atoms with Crippen LogP contribution in [0.15, 0.2) is 0 Å². The molecule has 3 N–H and O–H groups in total. The van der Waals surface area contributed by atoms with E-state index in [0.717, 1.165) is 0 Å². The van der Waals surface area contributed by atoms with Crippen LogP contribution >= 0.6 is 0 Å². The Hall–Kier alpha value is -0.570. The number of rotatable bonds is 3. The first kappa shape index (κ1) is 8.43. The first-order valence-electron chi connectivity index (χ1n) is 3.08. The van der Waals surface area contributed by atoms with E-state index in [1.807, 2.05) is 6.92 Å². The van der Waals surface area contributed by atoms with Crippen molar-refractivity contribution in [2.45, 2.75) is 26.3 Å². The molecule has 3 heteroatoms. The van der Waals surface area contributed by atoms with Crippen molar-refractivity contribution < 1.29 is 9.90 Å². The topological polar surface area (TPSA) is 63.3 Å². The number of carboxylic acids is 1. The lowest BCUT2D eigenvalue weighted by atomic mass is 10.00. The molecule has 9 heavy (non-hydrogen) atoms. The van der Waals surface area contributed by atoms with Crippen LogP contribution in [0.5, 0.6) is 0 Å². The van der Waals surface area contributed by atoms with Crippen LogP contribution in [-0.4, -0.2) is 17.1 Å². The van der Waals surface area contributed by atoms with E-state index >= 15 is 0 Å². The fraction of sp³-hybridized carbons (Fsp3) is 0.833. The van der Waals surface area contributed by atoms with E-state index in [0.29, 0.717) is 6.42 Å². The summed E-state index contributed by atoms with van der Waals surface area (Å²) in [4.78, 5) is 10.3. The van der Waals surface area contributed by atoms with Crippen LogP contribution in [0.2, 0.25) is 0 Å². The van der Waals surface area contributed by atoms with E-state index in [1.54, 1.807) is 6.92 Å². The average molecular weight is 131 g/mol. The third-order valence-corrected chi connectivity index (χ3v) is 1.39. The summed E-state index contributed by atoms with van der Waals surface area (Å²) in [5, 5.41) is 8.46. The quantitative estimate of drug-likeness (QED) is 0.584. The van der Waals surface area contributed by atoms with Crippen molar-refractivity contribution in [2.24, 2.45) is 11.7 Å². The van der Waals surface area contributed by atoms with E-state index < -0.39 is 5.97 Å². The summed E-state index contributed by atoms with van der Waals surface area (Å²) in [6.45, 7) is 3.53. The predicted octanol–water partition coefficient (Wildman–Crippen LogP) is 0.444. The Kier molecular flexibility index (Phi) is 3.24. The van der Waals surface area contributed by atoms with Gasteiger partial charge in [-0.2, -0.15) is 0 Å². The molecule has 0 aliphatic rings. The number of hydrogen-bond acceptors (Lipinski definition) is 2. The molecule has 0 aliphatic heterocycles. The third kappa shape index (κ3) is 2.46. The number of hydrogen-bond donors (Lipinski definition) is 2. The molecule has 0 amide bonds. The van der Waals surface area contributed by atoms with Gasteiger partial charge in [0, 0.05) is 6.04 Å². The lowest BCUT2D eigenvalue weighted by Crippen LogP contribution is -2.32. The molecule has 2 atom stereocenters. The second kappa shape index (κ2) is 3.45. The van der Waals surface area contributed by atoms with Gasteiger partial charge in [-0.25, -0.2) is 0 Å². The zero-order chi connectivity index (χ0) is 7.44. The molecule has 0 heterocycles. The summed E-state index contributed by atoms with van der Waals surface area (Å²) >= 11 is 0. The summed E-state index contributed by atoms with van der Waals surface area (Å²) in [7, 11) is 0. The second-order valence-electron chi connectivity index (χ2n) is 2.21. The molecular formula is C6H13NO2. The molecule has 0 saturated heterocycles. The number of aliphatic carboxylic acids is 1. The molecule has 0 rings (SSSR count). The lowest BCUT2D eigenvalue weighted by molar-refractivity contribution is -0.142. The van der Waals surface area contributed by atoms with E-state index in [2.05, 4.69) is 0 Å².